The quantitative estimate of drug-likeness (QED) is 0.376. The van der Waals surface area contributed by atoms with E-state index in [9.17, 15) is 9.59 Å². The molecule has 1 unspecified atom stereocenters. The zero-order valence-electron chi connectivity index (χ0n) is 9.52. The van der Waals surface area contributed by atoms with E-state index in [0.29, 0.717) is 0 Å². The Kier molecular flexibility index (Phi) is 6.58. The van der Waals surface area contributed by atoms with Crippen molar-refractivity contribution in [3.63, 3.8) is 0 Å². The molecule has 0 rings (SSSR count). The summed E-state index contributed by atoms with van der Waals surface area (Å²) in [6, 6.07) is 0. The lowest BCUT2D eigenvalue weighted by Crippen LogP contribution is -2.24. The number of carboxylic acids is 1. The first kappa shape index (κ1) is 15.1. The second-order valence-corrected chi connectivity index (χ2v) is 3.33. The fourth-order valence-corrected chi connectivity index (χ4v) is 1.00. The Morgan fingerprint density at radius 2 is 1.94 bits per heavy atom. The largest absolute Gasteiger partial charge is 0.478 e. The number of rotatable bonds is 8. The number of carbonyl (C=O) groups is 2. The summed E-state index contributed by atoms with van der Waals surface area (Å²) in [7, 11) is 0. The second kappa shape index (κ2) is 7.40. The van der Waals surface area contributed by atoms with Gasteiger partial charge in [-0.15, -0.1) is 6.58 Å². The normalized spacial score (nSPS) is 11.4. The van der Waals surface area contributed by atoms with Crippen molar-refractivity contribution in [1.82, 2.24) is 0 Å². The number of ether oxygens (including phenoxy) is 1. The molecule has 0 radical (unpaired) electrons. The molecule has 0 aliphatic carbocycles. The van der Waals surface area contributed by atoms with Gasteiger partial charge in [0, 0.05) is 25.0 Å². The summed E-state index contributed by atoms with van der Waals surface area (Å²) in [5.41, 5.74) is -0.144. The zero-order chi connectivity index (χ0) is 13.4. The van der Waals surface area contributed by atoms with E-state index in [1.165, 1.54) is 6.08 Å². The molecule has 0 spiro atoms. The maximum Gasteiger partial charge on any atom is 0.334 e. The highest BCUT2D eigenvalue weighted by Gasteiger charge is 2.22. The van der Waals surface area contributed by atoms with Gasteiger partial charge in [0.05, 0.1) is 5.57 Å². The summed E-state index contributed by atoms with van der Waals surface area (Å²) in [4.78, 5) is 22.1. The minimum Gasteiger partial charge on any atom is -0.478 e. The van der Waals surface area contributed by atoms with Crippen molar-refractivity contribution in [1.29, 1.82) is 0 Å². The van der Waals surface area contributed by atoms with E-state index in [1.54, 1.807) is 0 Å². The Hall–Kier alpha value is -1.88. The lowest BCUT2D eigenvalue weighted by Gasteiger charge is -2.16. The van der Waals surface area contributed by atoms with E-state index in [0.717, 1.165) is 0 Å². The van der Waals surface area contributed by atoms with Crippen LogP contribution in [0.4, 0.5) is 0 Å². The van der Waals surface area contributed by atoms with Gasteiger partial charge in [0.1, 0.15) is 6.10 Å². The van der Waals surface area contributed by atoms with Gasteiger partial charge in [-0.05, 0) is 0 Å². The van der Waals surface area contributed by atoms with Gasteiger partial charge >= 0.3 is 11.9 Å². The van der Waals surface area contributed by atoms with Crippen LogP contribution in [-0.4, -0.2) is 34.9 Å². The number of aliphatic hydroxyl groups excluding tert-OH is 1. The Labute approximate surface area is 99.7 Å². The van der Waals surface area contributed by atoms with Crippen molar-refractivity contribution >= 4 is 11.9 Å². The van der Waals surface area contributed by atoms with Crippen LogP contribution in [0, 0.1) is 0 Å². The van der Waals surface area contributed by atoms with Crippen LogP contribution in [0.15, 0.2) is 37.0 Å². The van der Waals surface area contributed by atoms with Crippen LogP contribution in [0.25, 0.3) is 0 Å². The van der Waals surface area contributed by atoms with Crippen molar-refractivity contribution in [2.75, 3.05) is 6.61 Å². The molecule has 0 heterocycles. The van der Waals surface area contributed by atoms with Gasteiger partial charge in [0.25, 0.3) is 0 Å². The number of esters is 1. The first-order chi connectivity index (χ1) is 7.93. The molecule has 5 heteroatoms. The third-order valence-electron chi connectivity index (χ3n) is 2.00. The van der Waals surface area contributed by atoms with Gasteiger partial charge in [-0.3, -0.25) is 0 Å². The first-order valence-electron chi connectivity index (χ1n) is 4.96. The fraction of sp³-hybridized carbons (Fsp3) is 0.333. The van der Waals surface area contributed by atoms with Crippen LogP contribution in [0.1, 0.15) is 12.8 Å². The van der Waals surface area contributed by atoms with Gasteiger partial charge in [-0.25, -0.2) is 9.59 Å². The summed E-state index contributed by atoms with van der Waals surface area (Å²) >= 11 is 0. The lowest BCUT2D eigenvalue weighted by molar-refractivity contribution is -0.144. The topological polar surface area (TPSA) is 83.8 Å². The highest BCUT2D eigenvalue weighted by atomic mass is 16.5. The molecule has 0 aromatic rings. The predicted molar refractivity (Wildman–Crippen MR) is 62.3 cm³/mol. The molecule has 0 aliphatic heterocycles. The summed E-state index contributed by atoms with van der Waals surface area (Å²) in [5.74, 6) is -1.98. The van der Waals surface area contributed by atoms with Gasteiger partial charge in [-0.2, -0.15) is 0 Å². The van der Waals surface area contributed by atoms with E-state index < -0.39 is 18.0 Å². The number of aliphatic carboxylic acids is 1. The predicted octanol–water partition coefficient (Wildman–Crippen LogP) is 1.05. The molecule has 0 saturated carbocycles. The first-order valence-corrected chi connectivity index (χ1v) is 4.96. The second-order valence-electron chi connectivity index (χ2n) is 3.33. The molecular formula is C12H16O5. The molecule has 5 nitrogen and oxygen atoms in total. The molecule has 0 amide bonds. The molecule has 0 saturated heterocycles. The molecule has 0 aromatic carbocycles. The summed E-state index contributed by atoms with van der Waals surface area (Å²) in [6.45, 7) is 9.97. The standard InChI is InChI=1S/C12H16O5/c1-4-5-10(9(3)11(14)15)17-12(16)8(2)6-7-13/h4,10,13H,1-3,5-7H2,(H,14,15). The fourth-order valence-electron chi connectivity index (χ4n) is 1.00. The lowest BCUT2D eigenvalue weighted by atomic mass is 10.1. The molecule has 2 N–H and O–H groups in total. The summed E-state index contributed by atoms with van der Waals surface area (Å²) in [6.07, 6.45) is 0.705. The number of hydrogen-bond donors (Lipinski definition) is 2. The van der Waals surface area contributed by atoms with E-state index in [2.05, 4.69) is 19.7 Å². The van der Waals surface area contributed by atoms with E-state index in [4.69, 9.17) is 14.9 Å². The Morgan fingerprint density at radius 3 is 2.35 bits per heavy atom. The maximum absolute atomic E-state index is 11.4. The molecule has 0 fully saturated rings. The van der Waals surface area contributed by atoms with E-state index in [1.807, 2.05) is 0 Å². The Morgan fingerprint density at radius 1 is 1.35 bits per heavy atom. The number of aliphatic hydroxyl groups is 1. The minimum atomic E-state index is -1.24. The summed E-state index contributed by atoms with van der Waals surface area (Å²) in [5, 5.41) is 17.4. The van der Waals surface area contributed by atoms with Crippen molar-refractivity contribution in [2.24, 2.45) is 0 Å². The smallest absolute Gasteiger partial charge is 0.334 e. The average Bonchev–Trinajstić information content (AvgIpc) is 2.27. The monoisotopic (exact) mass is 240 g/mol. The highest BCUT2D eigenvalue weighted by Crippen LogP contribution is 2.13. The molecule has 0 aromatic heterocycles. The number of carboxylic acid groups (broad SMARTS) is 1. The highest BCUT2D eigenvalue weighted by molar-refractivity contribution is 5.90. The maximum atomic E-state index is 11.4. The molecule has 1 atom stereocenters. The van der Waals surface area contributed by atoms with Gasteiger partial charge < -0.3 is 14.9 Å². The van der Waals surface area contributed by atoms with Crippen LogP contribution < -0.4 is 0 Å². The Bertz CT molecular complexity index is 343. The van der Waals surface area contributed by atoms with E-state index in [-0.39, 0.29) is 30.6 Å². The van der Waals surface area contributed by atoms with Crippen LogP contribution in [0.3, 0.4) is 0 Å². The van der Waals surface area contributed by atoms with Crippen molar-refractivity contribution in [3.05, 3.63) is 37.0 Å². The third kappa shape index (κ3) is 5.12. The van der Waals surface area contributed by atoms with Crippen LogP contribution in [0.5, 0.6) is 0 Å². The van der Waals surface area contributed by atoms with Crippen LogP contribution in [-0.2, 0) is 14.3 Å². The van der Waals surface area contributed by atoms with E-state index >= 15 is 0 Å². The van der Waals surface area contributed by atoms with Gasteiger partial charge in [-0.1, -0.05) is 19.2 Å². The van der Waals surface area contributed by atoms with Crippen LogP contribution in [0.2, 0.25) is 0 Å². The SMILES string of the molecule is C=CCC(OC(=O)C(=C)CCO)C(=C)C(=O)O. The molecule has 17 heavy (non-hydrogen) atoms. The molecule has 0 aliphatic rings. The average molecular weight is 240 g/mol. The third-order valence-corrected chi connectivity index (χ3v) is 2.00. The van der Waals surface area contributed by atoms with Crippen molar-refractivity contribution < 1.29 is 24.5 Å². The van der Waals surface area contributed by atoms with Gasteiger partial charge in [0.15, 0.2) is 0 Å². The Balaban J connectivity index is 4.60. The summed E-state index contributed by atoms with van der Waals surface area (Å²) < 4.78 is 4.93. The number of carbonyl (C=O) groups excluding carboxylic acids is 1. The van der Waals surface area contributed by atoms with Crippen molar-refractivity contribution in [3.8, 4) is 0 Å². The van der Waals surface area contributed by atoms with Gasteiger partial charge in [0.2, 0.25) is 0 Å². The zero-order valence-corrected chi connectivity index (χ0v) is 9.52. The number of hydrogen-bond acceptors (Lipinski definition) is 4. The van der Waals surface area contributed by atoms with Crippen molar-refractivity contribution in [2.45, 2.75) is 18.9 Å². The van der Waals surface area contributed by atoms with Crippen LogP contribution >= 0.6 is 0 Å². The minimum absolute atomic E-state index is 0.0825. The molecule has 94 valence electrons. The molecular weight excluding hydrogens is 224 g/mol. The molecule has 0 bridgehead atoms.